The molecule has 218 valence electrons. The topological polar surface area (TPSA) is 125 Å². The molecule has 4 aromatic rings. The maximum Gasteiger partial charge on any atom is 0.305 e. The molecule has 0 bridgehead atoms. The molecule has 0 aliphatic rings. The first-order valence-corrected chi connectivity index (χ1v) is 13.7. The Hall–Kier alpha value is -4.60. The molecular weight excluding hydrogens is 537 g/mol. The van der Waals surface area contributed by atoms with Gasteiger partial charge in [-0.2, -0.15) is 0 Å². The predicted molar refractivity (Wildman–Crippen MR) is 159 cm³/mol. The minimum absolute atomic E-state index is 0.181. The van der Waals surface area contributed by atoms with Gasteiger partial charge in [0.2, 0.25) is 0 Å². The fourth-order valence-electron chi connectivity index (χ4n) is 4.93. The van der Waals surface area contributed by atoms with Crippen LogP contribution in [0.5, 0.6) is 0 Å². The first-order chi connectivity index (χ1) is 20.2. The van der Waals surface area contributed by atoms with E-state index < -0.39 is 30.4 Å². The number of carboxylic acid groups (broad SMARTS) is 1. The molecule has 0 aliphatic carbocycles. The number of aliphatic hydroxyl groups excluding tert-OH is 2. The maximum atomic E-state index is 14.0. The normalized spacial score (nSPS) is 12.9. The van der Waals surface area contributed by atoms with E-state index in [1.54, 1.807) is 30.5 Å². The largest absolute Gasteiger partial charge is 0.481 e. The van der Waals surface area contributed by atoms with Crippen molar-refractivity contribution >= 4 is 18.0 Å². The van der Waals surface area contributed by atoms with Crippen LogP contribution in [0.3, 0.4) is 0 Å². The summed E-state index contributed by atoms with van der Waals surface area (Å²) in [5.41, 5.74) is 4.38. The van der Waals surface area contributed by atoms with Crippen LogP contribution in [-0.2, 0) is 11.3 Å². The molecule has 0 saturated carbocycles. The lowest BCUT2D eigenvalue weighted by Gasteiger charge is -2.17. The molecule has 1 amide bonds. The highest BCUT2D eigenvalue weighted by Crippen LogP contribution is 2.42. The molecule has 0 spiro atoms. The molecule has 2 aromatic heterocycles. The number of rotatable bonds is 12. The van der Waals surface area contributed by atoms with E-state index in [-0.39, 0.29) is 24.9 Å². The number of halogens is 1. The minimum Gasteiger partial charge on any atom is -0.481 e. The van der Waals surface area contributed by atoms with Crippen LogP contribution in [0.25, 0.3) is 28.3 Å². The predicted octanol–water partition coefficient (Wildman–Crippen LogP) is 5.47. The summed E-state index contributed by atoms with van der Waals surface area (Å²) in [6.07, 6.45) is 1.73. The molecule has 8 nitrogen and oxygen atoms in total. The van der Waals surface area contributed by atoms with Gasteiger partial charge in [-0.15, -0.1) is 0 Å². The van der Waals surface area contributed by atoms with Crippen molar-refractivity contribution in [3.8, 4) is 22.3 Å². The Morgan fingerprint density at radius 3 is 2.24 bits per heavy atom. The average Bonchev–Trinajstić information content (AvgIpc) is 3.31. The van der Waals surface area contributed by atoms with Gasteiger partial charge >= 0.3 is 5.97 Å². The van der Waals surface area contributed by atoms with Crippen LogP contribution in [-0.4, -0.2) is 49.0 Å². The van der Waals surface area contributed by atoms with Crippen molar-refractivity contribution in [1.29, 1.82) is 0 Å². The fourth-order valence-corrected chi connectivity index (χ4v) is 4.93. The monoisotopic (exact) mass is 571 g/mol. The molecule has 4 N–H and O–H groups in total. The number of hydrogen-bond acceptors (Lipinski definition) is 5. The van der Waals surface area contributed by atoms with Crippen LogP contribution in [0.2, 0.25) is 0 Å². The number of carbonyl (C=O) groups excluding carboxylic acids is 1. The lowest BCUT2D eigenvalue weighted by molar-refractivity contribution is -0.139. The molecule has 0 fully saturated rings. The number of amides is 1. The van der Waals surface area contributed by atoms with E-state index in [0.29, 0.717) is 33.8 Å². The van der Waals surface area contributed by atoms with Gasteiger partial charge < -0.3 is 25.2 Å². The number of aliphatic hydroxyl groups is 2. The van der Waals surface area contributed by atoms with Gasteiger partial charge in [0.05, 0.1) is 30.9 Å². The van der Waals surface area contributed by atoms with Crippen molar-refractivity contribution in [1.82, 2.24) is 14.9 Å². The SMILES string of the molecule is CC(C)n1c(/C=C/[C@@H](O)C[C@@H](O)CC(=O)O)c(-c2ccc(F)cc2)c(-c2ccccc2)c1C(=O)NCc1ccccn1. The summed E-state index contributed by atoms with van der Waals surface area (Å²) in [5.74, 6) is -1.91. The van der Waals surface area contributed by atoms with E-state index in [4.69, 9.17) is 5.11 Å². The van der Waals surface area contributed by atoms with Gasteiger partial charge in [0, 0.05) is 35.5 Å². The average molecular weight is 572 g/mol. The van der Waals surface area contributed by atoms with Crippen LogP contribution >= 0.6 is 0 Å². The highest BCUT2D eigenvalue weighted by molar-refractivity contribution is 6.06. The van der Waals surface area contributed by atoms with Gasteiger partial charge in [0.1, 0.15) is 11.5 Å². The Balaban J connectivity index is 1.91. The second-order valence-electron chi connectivity index (χ2n) is 10.2. The molecule has 0 saturated heterocycles. The molecule has 2 heterocycles. The molecule has 0 unspecified atom stereocenters. The van der Waals surface area contributed by atoms with Crippen molar-refractivity contribution in [2.75, 3.05) is 0 Å². The third kappa shape index (κ3) is 7.37. The number of benzene rings is 2. The van der Waals surface area contributed by atoms with Gasteiger partial charge in [0.25, 0.3) is 5.91 Å². The van der Waals surface area contributed by atoms with Crippen molar-refractivity contribution in [3.05, 3.63) is 108 Å². The molecule has 9 heteroatoms. The highest BCUT2D eigenvalue weighted by Gasteiger charge is 2.29. The number of aliphatic carboxylic acids is 1. The molecule has 2 atom stereocenters. The van der Waals surface area contributed by atoms with Crippen molar-refractivity contribution in [2.24, 2.45) is 0 Å². The standard InChI is InChI=1S/C33H34FN3O5/c1-21(2)37-28(16-15-26(38)18-27(39)19-29(40)41)30(23-11-13-24(34)14-12-23)31(22-8-4-3-5-9-22)32(37)33(42)36-20-25-10-6-7-17-35-25/h3-17,21,26-27,38-39H,18-20H2,1-2H3,(H,36,42)(H,40,41)/b16-15+/t26-,27-/m1/s1. The number of nitrogens with zero attached hydrogens (tertiary/aromatic N) is 2. The zero-order valence-electron chi connectivity index (χ0n) is 23.4. The Kier molecular flexibility index (Phi) is 10.0. The van der Waals surface area contributed by atoms with Gasteiger partial charge in [0.15, 0.2) is 0 Å². The molecule has 0 aliphatic heterocycles. The summed E-state index contributed by atoms with van der Waals surface area (Å²) in [4.78, 5) is 29.3. The molecule has 0 radical (unpaired) electrons. The zero-order valence-corrected chi connectivity index (χ0v) is 23.4. The van der Waals surface area contributed by atoms with E-state index in [1.807, 2.05) is 60.9 Å². The summed E-state index contributed by atoms with van der Waals surface area (Å²) < 4.78 is 15.9. The third-order valence-corrected chi connectivity index (χ3v) is 6.73. The summed E-state index contributed by atoms with van der Waals surface area (Å²) in [6, 6.07) is 20.6. The van der Waals surface area contributed by atoms with Gasteiger partial charge in [-0.1, -0.05) is 54.6 Å². The quantitative estimate of drug-likeness (QED) is 0.179. The molecule has 2 aromatic carbocycles. The Bertz CT molecular complexity index is 1530. The van der Waals surface area contributed by atoms with Gasteiger partial charge in [-0.3, -0.25) is 14.6 Å². The number of hydrogen-bond donors (Lipinski definition) is 4. The number of carbonyl (C=O) groups is 2. The lowest BCUT2D eigenvalue weighted by Crippen LogP contribution is -2.27. The summed E-state index contributed by atoms with van der Waals surface area (Å²) in [5, 5.41) is 32.6. The van der Waals surface area contributed by atoms with E-state index >= 15 is 0 Å². The van der Waals surface area contributed by atoms with Crippen LogP contribution in [0.4, 0.5) is 4.39 Å². The Morgan fingerprint density at radius 1 is 0.952 bits per heavy atom. The Morgan fingerprint density at radius 2 is 1.62 bits per heavy atom. The van der Waals surface area contributed by atoms with E-state index in [9.17, 15) is 24.2 Å². The van der Waals surface area contributed by atoms with Crippen molar-refractivity contribution < 1.29 is 29.3 Å². The Labute approximate surface area is 243 Å². The van der Waals surface area contributed by atoms with Crippen molar-refractivity contribution in [3.63, 3.8) is 0 Å². The second kappa shape index (κ2) is 13.8. The summed E-state index contributed by atoms with van der Waals surface area (Å²) in [7, 11) is 0. The number of nitrogens with one attached hydrogen (secondary N) is 1. The van der Waals surface area contributed by atoms with E-state index in [2.05, 4.69) is 10.3 Å². The fraction of sp³-hybridized carbons (Fsp3) is 0.242. The summed E-state index contributed by atoms with van der Waals surface area (Å²) in [6.45, 7) is 4.07. The van der Waals surface area contributed by atoms with Crippen LogP contribution in [0.1, 0.15) is 54.6 Å². The van der Waals surface area contributed by atoms with E-state index in [0.717, 1.165) is 5.56 Å². The molecule has 4 rings (SSSR count). The summed E-state index contributed by atoms with van der Waals surface area (Å²) >= 11 is 0. The first kappa shape index (κ1) is 30.4. The minimum atomic E-state index is -1.23. The number of aromatic nitrogens is 2. The second-order valence-corrected chi connectivity index (χ2v) is 10.2. The third-order valence-electron chi connectivity index (χ3n) is 6.73. The first-order valence-electron chi connectivity index (χ1n) is 13.7. The highest BCUT2D eigenvalue weighted by atomic mass is 19.1. The van der Waals surface area contributed by atoms with Crippen LogP contribution in [0.15, 0.2) is 85.1 Å². The van der Waals surface area contributed by atoms with Crippen molar-refractivity contribution in [2.45, 2.75) is 51.5 Å². The smallest absolute Gasteiger partial charge is 0.305 e. The van der Waals surface area contributed by atoms with Crippen LogP contribution in [0, 0.1) is 5.82 Å². The van der Waals surface area contributed by atoms with Crippen LogP contribution < -0.4 is 5.32 Å². The molecule has 42 heavy (non-hydrogen) atoms. The number of pyridine rings is 1. The van der Waals surface area contributed by atoms with Gasteiger partial charge in [-0.25, -0.2) is 4.39 Å². The van der Waals surface area contributed by atoms with Gasteiger partial charge in [-0.05, 0) is 55.3 Å². The van der Waals surface area contributed by atoms with E-state index in [1.165, 1.54) is 18.2 Å². The zero-order chi connectivity index (χ0) is 30.2. The molecular formula is C33H34FN3O5. The maximum absolute atomic E-state index is 14.0. The number of carboxylic acids is 1. The lowest BCUT2D eigenvalue weighted by atomic mass is 9.94.